The highest BCUT2D eigenvalue weighted by atomic mass is 32.2. The Morgan fingerprint density at radius 3 is 2.17 bits per heavy atom. The summed E-state index contributed by atoms with van der Waals surface area (Å²) >= 11 is 0. The Morgan fingerprint density at radius 2 is 1.72 bits per heavy atom. The summed E-state index contributed by atoms with van der Waals surface area (Å²) in [5.41, 5.74) is 0.987. The Bertz CT molecular complexity index is 579. The van der Waals surface area contributed by atoms with Crippen LogP contribution < -0.4 is 4.72 Å². The number of hydrogen-bond donors (Lipinski definition) is 1. The predicted molar refractivity (Wildman–Crippen MR) is 68.0 cm³/mol. The first-order chi connectivity index (χ1) is 8.15. The monoisotopic (exact) mass is 272 g/mol. The second kappa shape index (κ2) is 5.03. The Balaban J connectivity index is 3.48. The van der Waals surface area contributed by atoms with Gasteiger partial charge in [-0.15, -0.1) is 0 Å². The number of hydrogen-bond acceptors (Lipinski definition) is 4. The summed E-state index contributed by atoms with van der Waals surface area (Å²) in [5, 5.41) is 10.9. The van der Waals surface area contributed by atoms with Crippen LogP contribution in [-0.2, 0) is 10.0 Å². The van der Waals surface area contributed by atoms with Crippen molar-refractivity contribution in [1.29, 1.82) is 0 Å². The van der Waals surface area contributed by atoms with Gasteiger partial charge in [0.2, 0.25) is 10.0 Å². The Kier molecular flexibility index (Phi) is 4.08. The van der Waals surface area contributed by atoms with Gasteiger partial charge in [0.15, 0.2) is 4.90 Å². The molecule has 1 N–H and O–H groups in total. The standard InChI is InChI=1S/C11H16N2O4S/c1-7(2)12-18(16,17)11-6-9(4)8(3)5-10(11)13(14)15/h5-7,12H,1-4H3. The van der Waals surface area contributed by atoms with E-state index < -0.39 is 20.6 Å². The summed E-state index contributed by atoms with van der Waals surface area (Å²) in [7, 11) is -3.87. The lowest BCUT2D eigenvalue weighted by atomic mass is 10.1. The van der Waals surface area contributed by atoms with Crippen molar-refractivity contribution in [3.05, 3.63) is 33.4 Å². The molecule has 1 rings (SSSR count). The summed E-state index contributed by atoms with van der Waals surface area (Å²) in [6.07, 6.45) is 0. The third-order valence-corrected chi connectivity index (χ3v) is 4.14. The van der Waals surface area contributed by atoms with Crippen LogP contribution >= 0.6 is 0 Å². The molecule has 0 aliphatic rings. The highest BCUT2D eigenvalue weighted by molar-refractivity contribution is 7.89. The van der Waals surface area contributed by atoms with Crippen LogP contribution in [0.1, 0.15) is 25.0 Å². The van der Waals surface area contributed by atoms with Gasteiger partial charge in [-0.05, 0) is 44.9 Å². The van der Waals surface area contributed by atoms with E-state index in [4.69, 9.17) is 0 Å². The lowest BCUT2D eigenvalue weighted by molar-refractivity contribution is -0.387. The van der Waals surface area contributed by atoms with Crippen molar-refractivity contribution < 1.29 is 13.3 Å². The molecular formula is C11H16N2O4S. The molecule has 0 unspecified atom stereocenters. The lowest BCUT2D eigenvalue weighted by Gasteiger charge is -2.11. The van der Waals surface area contributed by atoms with Crippen molar-refractivity contribution in [2.24, 2.45) is 0 Å². The SMILES string of the molecule is Cc1cc([N+](=O)[O-])c(S(=O)(=O)NC(C)C)cc1C. The predicted octanol–water partition coefficient (Wildman–Crippen LogP) is 1.90. The fourth-order valence-corrected chi connectivity index (χ4v) is 2.99. The maximum atomic E-state index is 12.0. The van der Waals surface area contributed by atoms with Crippen molar-refractivity contribution in [2.75, 3.05) is 0 Å². The Hall–Kier alpha value is -1.47. The van der Waals surface area contributed by atoms with Gasteiger partial charge in [0.1, 0.15) is 0 Å². The minimum atomic E-state index is -3.87. The van der Waals surface area contributed by atoms with Crippen LogP contribution in [0.15, 0.2) is 17.0 Å². The van der Waals surface area contributed by atoms with Crippen LogP contribution in [0, 0.1) is 24.0 Å². The van der Waals surface area contributed by atoms with Gasteiger partial charge in [-0.2, -0.15) is 0 Å². The second-order valence-electron chi connectivity index (χ2n) is 4.44. The number of sulfonamides is 1. The Morgan fingerprint density at radius 1 is 1.22 bits per heavy atom. The number of aryl methyl sites for hydroxylation is 2. The van der Waals surface area contributed by atoms with Crippen molar-refractivity contribution >= 4 is 15.7 Å². The zero-order valence-electron chi connectivity index (χ0n) is 10.7. The van der Waals surface area contributed by atoms with Gasteiger partial charge in [0, 0.05) is 12.1 Å². The van der Waals surface area contributed by atoms with Crippen molar-refractivity contribution in [2.45, 2.75) is 38.6 Å². The van der Waals surface area contributed by atoms with Gasteiger partial charge in [-0.3, -0.25) is 10.1 Å². The highest BCUT2D eigenvalue weighted by Crippen LogP contribution is 2.27. The first kappa shape index (κ1) is 14.6. The fourth-order valence-electron chi connectivity index (χ4n) is 1.51. The summed E-state index contributed by atoms with van der Waals surface area (Å²) in [5.74, 6) is 0. The molecule has 0 aliphatic heterocycles. The fraction of sp³-hybridized carbons (Fsp3) is 0.455. The molecule has 0 atom stereocenters. The molecule has 0 spiro atoms. The lowest BCUT2D eigenvalue weighted by Crippen LogP contribution is -2.30. The van der Waals surface area contributed by atoms with E-state index in [0.717, 1.165) is 0 Å². The van der Waals surface area contributed by atoms with E-state index in [-0.39, 0.29) is 10.9 Å². The molecule has 0 aliphatic carbocycles. The van der Waals surface area contributed by atoms with Crippen LogP contribution in [0.5, 0.6) is 0 Å². The zero-order chi connectivity index (χ0) is 14.1. The minimum Gasteiger partial charge on any atom is -0.258 e. The number of nitro benzene ring substituents is 1. The summed E-state index contributed by atoms with van der Waals surface area (Å²) < 4.78 is 26.4. The van der Waals surface area contributed by atoms with Gasteiger partial charge in [-0.25, -0.2) is 13.1 Å². The molecule has 100 valence electrons. The molecule has 0 aromatic heterocycles. The molecule has 7 heteroatoms. The maximum Gasteiger partial charge on any atom is 0.289 e. The number of nitrogens with zero attached hydrogens (tertiary/aromatic N) is 1. The second-order valence-corrected chi connectivity index (χ2v) is 6.12. The van der Waals surface area contributed by atoms with Crippen LogP contribution in [0.4, 0.5) is 5.69 Å². The number of nitrogens with one attached hydrogen (secondary N) is 1. The van der Waals surface area contributed by atoms with E-state index in [0.29, 0.717) is 11.1 Å². The van der Waals surface area contributed by atoms with E-state index in [2.05, 4.69) is 4.72 Å². The largest absolute Gasteiger partial charge is 0.289 e. The molecule has 0 amide bonds. The smallest absolute Gasteiger partial charge is 0.258 e. The molecule has 18 heavy (non-hydrogen) atoms. The number of rotatable bonds is 4. The quantitative estimate of drug-likeness (QED) is 0.669. The van der Waals surface area contributed by atoms with E-state index >= 15 is 0 Å². The third-order valence-electron chi connectivity index (χ3n) is 2.45. The summed E-state index contributed by atoms with van der Waals surface area (Å²) in [6.45, 7) is 6.73. The average Bonchev–Trinajstić information content (AvgIpc) is 2.18. The van der Waals surface area contributed by atoms with Crippen LogP contribution in [0.2, 0.25) is 0 Å². The van der Waals surface area contributed by atoms with Gasteiger partial charge in [0.25, 0.3) is 5.69 Å². The topological polar surface area (TPSA) is 89.3 Å². The van der Waals surface area contributed by atoms with Crippen molar-refractivity contribution in [3.8, 4) is 0 Å². The van der Waals surface area contributed by atoms with Crippen molar-refractivity contribution in [1.82, 2.24) is 4.72 Å². The van der Waals surface area contributed by atoms with E-state index in [1.807, 2.05) is 0 Å². The molecule has 6 nitrogen and oxygen atoms in total. The van der Waals surface area contributed by atoms with E-state index in [9.17, 15) is 18.5 Å². The number of nitro groups is 1. The molecular weight excluding hydrogens is 256 g/mol. The highest BCUT2D eigenvalue weighted by Gasteiger charge is 2.27. The molecule has 0 heterocycles. The summed E-state index contributed by atoms with van der Waals surface area (Å²) in [4.78, 5) is 9.96. The summed E-state index contributed by atoms with van der Waals surface area (Å²) in [6, 6.07) is 2.29. The van der Waals surface area contributed by atoms with Crippen molar-refractivity contribution in [3.63, 3.8) is 0 Å². The molecule has 0 saturated carbocycles. The Labute approximate surface area is 106 Å². The zero-order valence-corrected chi connectivity index (χ0v) is 11.5. The van der Waals surface area contributed by atoms with E-state index in [1.54, 1.807) is 27.7 Å². The van der Waals surface area contributed by atoms with E-state index in [1.165, 1.54) is 12.1 Å². The van der Waals surface area contributed by atoms with Crippen LogP contribution in [-0.4, -0.2) is 19.4 Å². The molecule has 0 bridgehead atoms. The third kappa shape index (κ3) is 3.05. The van der Waals surface area contributed by atoms with Gasteiger partial charge in [-0.1, -0.05) is 0 Å². The van der Waals surface area contributed by atoms with Gasteiger partial charge >= 0.3 is 0 Å². The minimum absolute atomic E-state index is 0.288. The average molecular weight is 272 g/mol. The van der Waals surface area contributed by atoms with Gasteiger partial charge in [0.05, 0.1) is 4.92 Å². The first-order valence-electron chi connectivity index (χ1n) is 5.43. The molecule has 1 aromatic rings. The maximum absolute atomic E-state index is 12.0. The number of benzene rings is 1. The first-order valence-corrected chi connectivity index (χ1v) is 6.91. The van der Waals surface area contributed by atoms with Crippen LogP contribution in [0.25, 0.3) is 0 Å². The van der Waals surface area contributed by atoms with Crippen LogP contribution in [0.3, 0.4) is 0 Å². The molecule has 0 fully saturated rings. The molecule has 1 aromatic carbocycles. The molecule has 0 radical (unpaired) electrons. The van der Waals surface area contributed by atoms with Gasteiger partial charge < -0.3 is 0 Å². The normalized spacial score (nSPS) is 11.8. The molecule has 0 saturated heterocycles.